The zero-order valence-electron chi connectivity index (χ0n) is 10.8. The number of hydrogen-bond acceptors (Lipinski definition) is 4. The van der Waals surface area contributed by atoms with E-state index in [2.05, 4.69) is 4.98 Å². The van der Waals surface area contributed by atoms with Crippen molar-refractivity contribution in [1.82, 2.24) is 4.98 Å². The number of aromatic nitrogens is 1. The number of benzene rings is 1. The lowest BCUT2D eigenvalue weighted by Gasteiger charge is -2.11. The van der Waals surface area contributed by atoms with Crippen molar-refractivity contribution < 1.29 is 9.84 Å². The van der Waals surface area contributed by atoms with Crippen LogP contribution < -0.4 is 4.74 Å². The Hall–Kier alpha value is -1.39. The first-order chi connectivity index (χ1) is 8.56. The van der Waals surface area contributed by atoms with Gasteiger partial charge in [0.2, 0.25) is 0 Å². The molecule has 0 spiro atoms. The van der Waals surface area contributed by atoms with Crippen molar-refractivity contribution in [3.05, 3.63) is 45.4 Å². The summed E-state index contributed by atoms with van der Waals surface area (Å²) >= 11 is 1.64. The minimum absolute atomic E-state index is 0.443. The van der Waals surface area contributed by atoms with Crippen LogP contribution in [-0.4, -0.2) is 10.1 Å². The lowest BCUT2D eigenvalue weighted by molar-refractivity contribution is 0.199. The molecule has 2 aromatic rings. The van der Waals surface area contributed by atoms with Crippen LogP contribution in [0.3, 0.4) is 0 Å². The fourth-order valence-corrected chi connectivity index (χ4v) is 2.42. The van der Waals surface area contributed by atoms with Crippen molar-refractivity contribution in [3.63, 3.8) is 0 Å². The smallest absolute Gasteiger partial charge is 0.124 e. The molecule has 0 amide bonds. The highest BCUT2D eigenvalue weighted by molar-refractivity contribution is 7.11. The maximum absolute atomic E-state index is 9.50. The predicted octanol–water partition coefficient (Wildman–Crippen LogP) is 3.39. The number of aliphatic hydroxyl groups is 1. The van der Waals surface area contributed by atoms with E-state index < -0.39 is 6.10 Å². The number of aryl methyl sites for hydroxylation is 2. The molecule has 18 heavy (non-hydrogen) atoms. The Bertz CT molecular complexity index is 534. The summed E-state index contributed by atoms with van der Waals surface area (Å²) in [7, 11) is 0. The van der Waals surface area contributed by atoms with Gasteiger partial charge in [0, 0.05) is 6.20 Å². The summed E-state index contributed by atoms with van der Waals surface area (Å²) in [5.41, 5.74) is 1.95. The van der Waals surface area contributed by atoms with E-state index in [9.17, 15) is 5.11 Å². The Balaban J connectivity index is 2.05. The van der Waals surface area contributed by atoms with Gasteiger partial charge in [0.05, 0.1) is 16.0 Å². The first-order valence-electron chi connectivity index (χ1n) is 5.89. The molecule has 1 heterocycles. The van der Waals surface area contributed by atoms with E-state index in [1.165, 1.54) is 0 Å². The molecule has 0 bridgehead atoms. The van der Waals surface area contributed by atoms with Crippen LogP contribution in [0.1, 0.15) is 34.0 Å². The maximum Gasteiger partial charge on any atom is 0.124 e. The highest BCUT2D eigenvalue weighted by atomic mass is 32.1. The number of thiazole rings is 1. The lowest BCUT2D eigenvalue weighted by Crippen LogP contribution is -1.97. The quantitative estimate of drug-likeness (QED) is 0.919. The van der Waals surface area contributed by atoms with Crippen LogP contribution >= 0.6 is 11.3 Å². The van der Waals surface area contributed by atoms with Gasteiger partial charge in [-0.05, 0) is 44.0 Å². The molecule has 4 heteroatoms. The third-order valence-corrected chi connectivity index (χ3v) is 3.61. The molecule has 1 atom stereocenters. The van der Waals surface area contributed by atoms with Crippen LogP contribution in [0.2, 0.25) is 0 Å². The van der Waals surface area contributed by atoms with Crippen molar-refractivity contribution in [2.75, 3.05) is 0 Å². The van der Waals surface area contributed by atoms with Crippen molar-refractivity contribution in [2.45, 2.75) is 33.5 Å². The zero-order valence-corrected chi connectivity index (χ0v) is 11.6. The molecule has 0 saturated heterocycles. The molecule has 0 aliphatic heterocycles. The first kappa shape index (κ1) is 13.1. The van der Waals surface area contributed by atoms with Gasteiger partial charge >= 0.3 is 0 Å². The van der Waals surface area contributed by atoms with Crippen molar-refractivity contribution >= 4 is 11.3 Å². The van der Waals surface area contributed by atoms with Gasteiger partial charge in [0.1, 0.15) is 12.4 Å². The van der Waals surface area contributed by atoms with E-state index in [4.69, 9.17) is 4.74 Å². The van der Waals surface area contributed by atoms with Gasteiger partial charge in [-0.15, -0.1) is 11.3 Å². The largest absolute Gasteiger partial charge is 0.488 e. The topological polar surface area (TPSA) is 42.4 Å². The highest BCUT2D eigenvalue weighted by Crippen LogP contribution is 2.24. The molecule has 0 saturated carbocycles. The van der Waals surface area contributed by atoms with E-state index in [0.29, 0.717) is 6.61 Å². The summed E-state index contributed by atoms with van der Waals surface area (Å²) in [6.45, 7) is 6.27. The summed E-state index contributed by atoms with van der Waals surface area (Å²) < 4.78 is 5.76. The number of ether oxygens (including phenoxy) is 1. The SMILES string of the molecule is Cc1ncc(COc2ccc(C(C)O)cc2C)s1. The van der Waals surface area contributed by atoms with E-state index >= 15 is 0 Å². The normalized spacial score (nSPS) is 12.4. The second-order valence-electron chi connectivity index (χ2n) is 4.34. The molecule has 0 radical (unpaired) electrons. The lowest BCUT2D eigenvalue weighted by atomic mass is 10.1. The van der Waals surface area contributed by atoms with E-state index in [1.807, 2.05) is 38.2 Å². The fraction of sp³-hybridized carbons (Fsp3) is 0.357. The Kier molecular flexibility index (Phi) is 3.99. The van der Waals surface area contributed by atoms with Gasteiger partial charge in [-0.3, -0.25) is 0 Å². The average Bonchev–Trinajstić information content (AvgIpc) is 2.73. The standard InChI is InChI=1S/C14H17NO2S/c1-9-6-12(10(2)16)4-5-14(9)17-8-13-7-15-11(3)18-13/h4-7,10,16H,8H2,1-3H3. The third kappa shape index (κ3) is 3.09. The maximum atomic E-state index is 9.50. The fourth-order valence-electron chi connectivity index (χ4n) is 1.72. The van der Waals surface area contributed by atoms with Gasteiger partial charge in [-0.2, -0.15) is 0 Å². The van der Waals surface area contributed by atoms with Crippen molar-refractivity contribution in [3.8, 4) is 5.75 Å². The van der Waals surface area contributed by atoms with Crippen molar-refractivity contribution in [2.24, 2.45) is 0 Å². The van der Waals surface area contributed by atoms with Gasteiger partial charge in [-0.25, -0.2) is 4.98 Å². The molecule has 3 nitrogen and oxygen atoms in total. The minimum atomic E-state index is -0.443. The van der Waals surface area contributed by atoms with Gasteiger partial charge in [-0.1, -0.05) is 6.07 Å². The average molecular weight is 263 g/mol. The summed E-state index contributed by atoms with van der Waals surface area (Å²) in [4.78, 5) is 5.31. The van der Waals surface area contributed by atoms with Crippen LogP contribution in [0.15, 0.2) is 24.4 Å². The second-order valence-corrected chi connectivity index (χ2v) is 5.65. The molecule has 0 fully saturated rings. The van der Waals surface area contributed by atoms with Crippen LogP contribution in [0, 0.1) is 13.8 Å². The Morgan fingerprint density at radius 1 is 1.39 bits per heavy atom. The molecular formula is C14H17NO2S. The Morgan fingerprint density at radius 3 is 2.72 bits per heavy atom. The summed E-state index contributed by atoms with van der Waals surface area (Å²) in [5, 5.41) is 10.6. The van der Waals surface area contributed by atoms with Crippen LogP contribution in [0.25, 0.3) is 0 Å². The molecule has 1 aromatic carbocycles. The first-order valence-corrected chi connectivity index (χ1v) is 6.70. The van der Waals surface area contributed by atoms with Crippen LogP contribution in [0.5, 0.6) is 5.75 Å². The molecule has 96 valence electrons. The van der Waals surface area contributed by atoms with E-state index in [1.54, 1.807) is 18.3 Å². The van der Waals surface area contributed by atoms with Crippen LogP contribution in [0.4, 0.5) is 0 Å². The van der Waals surface area contributed by atoms with E-state index in [0.717, 1.165) is 26.8 Å². The molecule has 1 unspecified atom stereocenters. The third-order valence-electron chi connectivity index (χ3n) is 2.72. The minimum Gasteiger partial charge on any atom is -0.488 e. The molecular weight excluding hydrogens is 246 g/mol. The number of aliphatic hydroxyl groups excluding tert-OH is 1. The Morgan fingerprint density at radius 2 is 2.17 bits per heavy atom. The molecule has 1 N–H and O–H groups in total. The number of nitrogens with zero attached hydrogens (tertiary/aromatic N) is 1. The van der Waals surface area contributed by atoms with Crippen LogP contribution in [-0.2, 0) is 6.61 Å². The van der Waals surface area contributed by atoms with Crippen molar-refractivity contribution in [1.29, 1.82) is 0 Å². The number of hydrogen-bond donors (Lipinski definition) is 1. The number of rotatable bonds is 4. The molecule has 0 aliphatic rings. The Labute approximate surface area is 111 Å². The zero-order chi connectivity index (χ0) is 13.1. The summed E-state index contributed by atoms with van der Waals surface area (Å²) in [6, 6.07) is 5.76. The molecule has 1 aromatic heterocycles. The summed E-state index contributed by atoms with van der Waals surface area (Å²) in [6.07, 6.45) is 1.40. The molecule has 2 rings (SSSR count). The van der Waals surface area contributed by atoms with Gasteiger partial charge < -0.3 is 9.84 Å². The summed E-state index contributed by atoms with van der Waals surface area (Å²) in [5.74, 6) is 0.852. The van der Waals surface area contributed by atoms with E-state index in [-0.39, 0.29) is 0 Å². The van der Waals surface area contributed by atoms with Gasteiger partial charge in [0.25, 0.3) is 0 Å². The van der Waals surface area contributed by atoms with Gasteiger partial charge in [0.15, 0.2) is 0 Å². The highest BCUT2D eigenvalue weighted by Gasteiger charge is 2.06. The monoisotopic (exact) mass is 263 g/mol. The predicted molar refractivity (Wildman–Crippen MR) is 73.0 cm³/mol. The second kappa shape index (κ2) is 5.50. The molecule has 0 aliphatic carbocycles.